The summed E-state index contributed by atoms with van der Waals surface area (Å²) >= 11 is 0. The fourth-order valence-electron chi connectivity index (χ4n) is 1.43. The van der Waals surface area contributed by atoms with Gasteiger partial charge in [0.05, 0.1) is 19.6 Å². The highest BCUT2D eigenvalue weighted by molar-refractivity contribution is 5.81. The van der Waals surface area contributed by atoms with Crippen LogP contribution in [0.5, 0.6) is 0 Å². The zero-order chi connectivity index (χ0) is 14.5. The van der Waals surface area contributed by atoms with Crippen molar-refractivity contribution in [3.8, 4) is 0 Å². The third-order valence-electron chi connectivity index (χ3n) is 2.64. The van der Waals surface area contributed by atoms with Crippen molar-refractivity contribution >= 4 is 11.9 Å². The minimum atomic E-state index is -1.42. The molecule has 112 valence electrons. The van der Waals surface area contributed by atoms with E-state index in [9.17, 15) is 14.7 Å². The Morgan fingerprint density at radius 1 is 0.947 bits per heavy atom. The van der Waals surface area contributed by atoms with Crippen LogP contribution < -0.4 is 0 Å². The van der Waals surface area contributed by atoms with Crippen molar-refractivity contribution in [3.63, 3.8) is 0 Å². The van der Waals surface area contributed by atoms with Gasteiger partial charge >= 0.3 is 11.9 Å². The van der Waals surface area contributed by atoms with Crippen LogP contribution in [0.1, 0.15) is 58.8 Å². The van der Waals surface area contributed by atoms with Crippen LogP contribution in [-0.2, 0) is 19.1 Å². The van der Waals surface area contributed by atoms with Crippen LogP contribution in [-0.4, -0.2) is 36.4 Å². The van der Waals surface area contributed by atoms with Gasteiger partial charge in [-0.25, -0.2) is 4.79 Å². The van der Waals surface area contributed by atoms with Gasteiger partial charge in [0.1, 0.15) is 0 Å². The number of rotatable bonds is 11. The summed E-state index contributed by atoms with van der Waals surface area (Å²) in [7, 11) is 0. The maximum Gasteiger partial charge on any atom is 0.335 e. The van der Waals surface area contributed by atoms with Crippen LogP contribution in [0.15, 0.2) is 0 Å². The minimum absolute atomic E-state index is 0.276. The Balaban J connectivity index is 3.64. The van der Waals surface area contributed by atoms with Crippen molar-refractivity contribution < 1.29 is 24.2 Å². The van der Waals surface area contributed by atoms with E-state index < -0.39 is 18.0 Å². The molecule has 0 rings (SSSR count). The van der Waals surface area contributed by atoms with E-state index in [0.29, 0.717) is 6.61 Å². The quantitative estimate of drug-likeness (QED) is 0.462. The van der Waals surface area contributed by atoms with Crippen molar-refractivity contribution in [2.24, 2.45) is 0 Å². The summed E-state index contributed by atoms with van der Waals surface area (Å²) in [6.45, 7) is 4.70. The summed E-state index contributed by atoms with van der Waals surface area (Å²) in [5.41, 5.74) is 0. The summed E-state index contributed by atoms with van der Waals surface area (Å²) in [6, 6.07) is 0. The first kappa shape index (κ1) is 17.9. The van der Waals surface area contributed by atoms with Gasteiger partial charge in [0, 0.05) is 0 Å². The molecule has 19 heavy (non-hydrogen) atoms. The van der Waals surface area contributed by atoms with Gasteiger partial charge in [0.25, 0.3) is 0 Å². The molecule has 0 saturated heterocycles. The van der Waals surface area contributed by atoms with E-state index in [0.717, 1.165) is 38.5 Å². The first-order valence-electron chi connectivity index (χ1n) is 7.12. The van der Waals surface area contributed by atoms with E-state index in [1.54, 1.807) is 0 Å². The number of unbranched alkanes of at least 4 members (excludes halogenated alkanes) is 4. The third-order valence-corrected chi connectivity index (χ3v) is 2.64. The van der Waals surface area contributed by atoms with Crippen LogP contribution in [0.25, 0.3) is 0 Å². The SMILES string of the molecule is CCCCCCOC(=O)CC(O)C(=O)OCCCC. The first-order chi connectivity index (χ1) is 9.11. The Morgan fingerprint density at radius 3 is 2.21 bits per heavy atom. The molecule has 1 N–H and O–H groups in total. The molecule has 0 aliphatic rings. The fourth-order valence-corrected chi connectivity index (χ4v) is 1.43. The molecule has 5 heteroatoms. The molecule has 0 bridgehead atoms. The monoisotopic (exact) mass is 274 g/mol. The molecule has 0 aliphatic heterocycles. The lowest BCUT2D eigenvalue weighted by Gasteiger charge is -2.10. The van der Waals surface area contributed by atoms with E-state index >= 15 is 0 Å². The van der Waals surface area contributed by atoms with Gasteiger partial charge in [-0.3, -0.25) is 4.79 Å². The number of carbonyl (C=O) groups excluding carboxylic acids is 2. The topological polar surface area (TPSA) is 72.8 Å². The molecule has 0 amide bonds. The van der Waals surface area contributed by atoms with Gasteiger partial charge in [-0.1, -0.05) is 39.5 Å². The smallest absolute Gasteiger partial charge is 0.335 e. The second-order valence-corrected chi connectivity index (χ2v) is 4.52. The number of hydrogen-bond acceptors (Lipinski definition) is 5. The Morgan fingerprint density at radius 2 is 1.58 bits per heavy atom. The van der Waals surface area contributed by atoms with E-state index in [1.807, 2.05) is 6.92 Å². The molecule has 0 saturated carbocycles. The third kappa shape index (κ3) is 10.5. The summed E-state index contributed by atoms with van der Waals surface area (Å²) in [5.74, 6) is -1.31. The number of esters is 2. The van der Waals surface area contributed by atoms with Gasteiger partial charge in [0.2, 0.25) is 0 Å². The number of aliphatic hydroxyl groups is 1. The Bertz CT molecular complexity index is 252. The minimum Gasteiger partial charge on any atom is -0.466 e. The Hall–Kier alpha value is -1.10. The maximum absolute atomic E-state index is 11.3. The fraction of sp³-hybridized carbons (Fsp3) is 0.857. The molecule has 0 fully saturated rings. The average molecular weight is 274 g/mol. The molecule has 0 spiro atoms. The molecular formula is C14H26O5. The van der Waals surface area contributed by atoms with Crippen molar-refractivity contribution in [2.75, 3.05) is 13.2 Å². The van der Waals surface area contributed by atoms with Crippen LogP contribution >= 0.6 is 0 Å². The van der Waals surface area contributed by atoms with Gasteiger partial charge < -0.3 is 14.6 Å². The highest BCUT2D eigenvalue weighted by atomic mass is 16.6. The van der Waals surface area contributed by atoms with Crippen LogP contribution in [0, 0.1) is 0 Å². The Labute approximate surface area is 115 Å². The van der Waals surface area contributed by atoms with E-state index in [4.69, 9.17) is 9.47 Å². The molecular weight excluding hydrogens is 248 g/mol. The highest BCUT2D eigenvalue weighted by Gasteiger charge is 2.21. The van der Waals surface area contributed by atoms with Gasteiger partial charge in [-0.05, 0) is 12.8 Å². The highest BCUT2D eigenvalue weighted by Crippen LogP contribution is 2.02. The van der Waals surface area contributed by atoms with Crippen LogP contribution in [0.3, 0.4) is 0 Å². The number of carbonyl (C=O) groups is 2. The molecule has 5 nitrogen and oxygen atoms in total. The Kier molecular flexibility index (Phi) is 11.3. The van der Waals surface area contributed by atoms with Gasteiger partial charge in [0.15, 0.2) is 6.10 Å². The average Bonchev–Trinajstić information content (AvgIpc) is 2.38. The lowest BCUT2D eigenvalue weighted by molar-refractivity contribution is -0.160. The summed E-state index contributed by atoms with van der Waals surface area (Å²) in [6.07, 6.45) is 3.98. The van der Waals surface area contributed by atoms with Crippen molar-refractivity contribution in [3.05, 3.63) is 0 Å². The predicted octanol–water partition coefficient (Wildman–Crippen LogP) is 2.20. The molecule has 0 aromatic heterocycles. The molecule has 0 aromatic carbocycles. The van der Waals surface area contributed by atoms with E-state index in [-0.39, 0.29) is 13.0 Å². The first-order valence-corrected chi connectivity index (χ1v) is 7.12. The van der Waals surface area contributed by atoms with Crippen molar-refractivity contribution in [2.45, 2.75) is 64.9 Å². The van der Waals surface area contributed by atoms with Crippen molar-refractivity contribution in [1.82, 2.24) is 0 Å². The summed E-state index contributed by atoms with van der Waals surface area (Å²) in [4.78, 5) is 22.6. The molecule has 0 aromatic rings. The second-order valence-electron chi connectivity index (χ2n) is 4.52. The lowest BCUT2D eigenvalue weighted by Crippen LogP contribution is -2.27. The van der Waals surface area contributed by atoms with Gasteiger partial charge in [-0.2, -0.15) is 0 Å². The number of ether oxygens (including phenoxy) is 2. The van der Waals surface area contributed by atoms with Gasteiger partial charge in [-0.15, -0.1) is 0 Å². The molecule has 0 heterocycles. The van der Waals surface area contributed by atoms with Crippen LogP contribution in [0.4, 0.5) is 0 Å². The maximum atomic E-state index is 11.3. The molecule has 1 atom stereocenters. The summed E-state index contributed by atoms with van der Waals surface area (Å²) < 4.78 is 9.73. The normalized spacial score (nSPS) is 11.9. The van der Waals surface area contributed by atoms with E-state index in [2.05, 4.69) is 6.92 Å². The second kappa shape index (κ2) is 12.0. The molecule has 0 aliphatic carbocycles. The van der Waals surface area contributed by atoms with Crippen LogP contribution in [0.2, 0.25) is 0 Å². The molecule has 0 radical (unpaired) electrons. The zero-order valence-electron chi connectivity index (χ0n) is 12.0. The number of hydrogen-bond donors (Lipinski definition) is 1. The van der Waals surface area contributed by atoms with Crippen molar-refractivity contribution in [1.29, 1.82) is 0 Å². The lowest BCUT2D eigenvalue weighted by atomic mass is 10.2. The zero-order valence-corrected chi connectivity index (χ0v) is 12.0. The standard InChI is InChI=1S/C14H26O5/c1-3-5-7-8-10-18-13(16)11-12(15)14(17)19-9-6-4-2/h12,15H,3-11H2,1-2H3. The van der Waals surface area contributed by atoms with E-state index in [1.165, 1.54) is 0 Å². The predicted molar refractivity (Wildman–Crippen MR) is 71.6 cm³/mol. The summed E-state index contributed by atoms with van der Waals surface area (Å²) in [5, 5.41) is 9.45. The largest absolute Gasteiger partial charge is 0.466 e. The molecule has 1 unspecified atom stereocenters. The number of aliphatic hydroxyl groups excluding tert-OH is 1.